The molecule has 0 saturated carbocycles. The number of amidine groups is 1. The van der Waals surface area contributed by atoms with Gasteiger partial charge in [0.1, 0.15) is 19.1 Å². The fourth-order valence-electron chi connectivity index (χ4n) is 4.92. The van der Waals surface area contributed by atoms with Crippen LogP contribution in [-0.2, 0) is 6.54 Å². The quantitative estimate of drug-likeness (QED) is 0.177. The van der Waals surface area contributed by atoms with Crippen molar-refractivity contribution in [3.8, 4) is 0 Å². The Morgan fingerprint density at radius 2 is 1.41 bits per heavy atom. The number of rotatable bonds is 19. The molecule has 3 nitrogen and oxygen atoms in total. The maximum Gasteiger partial charge on any atom is 0.245 e. The first-order valence-electron chi connectivity index (χ1n) is 13.7. The van der Waals surface area contributed by atoms with Crippen LogP contribution in [0, 0.1) is 5.92 Å². The summed E-state index contributed by atoms with van der Waals surface area (Å²) in [5.41, 5.74) is 1.35. The van der Waals surface area contributed by atoms with E-state index in [9.17, 15) is 5.11 Å². The Bertz CT molecular complexity index is 611. The van der Waals surface area contributed by atoms with Crippen LogP contribution in [0.3, 0.4) is 0 Å². The van der Waals surface area contributed by atoms with Crippen LogP contribution in [0.15, 0.2) is 30.3 Å². The Hall–Kier alpha value is -1.35. The summed E-state index contributed by atoms with van der Waals surface area (Å²) < 4.78 is 2.51. The maximum atomic E-state index is 9.45. The third kappa shape index (κ3) is 11.5. The molecule has 0 fully saturated rings. The van der Waals surface area contributed by atoms with Gasteiger partial charge in [0.15, 0.2) is 0 Å². The van der Waals surface area contributed by atoms with Crippen molar-refractivity contribution in [2.45, 2.75) is 123 Å². The molecule has 0 amide bonds. The van der Waals surface area contributed by atoms with Crippen LogP contribution in [-0.4, -0.2) is 34.7 Å². The second-order valence-corrected chi connectivity index (χ2v) is 10.3. The highest BCUT2D eigenvalue weighted by atomic mass is 16.3. The average Bonchev–Trinajstić information content (AvgIpc) is 3.16. The van der Waals surface area contributed by atoms with E-state index in [1.807, 2.05) is 0 Å². The molecule has 0 radical (unpaired) electrons. The number of hydrogen-bond donors (Lipinski definition) is 2. The van der Waals surface area contributed by atoms with E-state index in [1.165, 1.54) is 94.9 Å². The highest BCUT2D eigenvalue weighted by molar-refractivity contribution is 5.78. The molecule has 1 aromatic carbocycles. The minimum Gasteiger partial charge on any atom is -0.396 e. The molecule has 1 aromatic rings. The predicted molar refractivity (Wildman–Crippen MR) is 138 cm³/mol. The summed E-state index contributed by atoms with van der Waals surface area (Å²) >= 11 is 0. The van der Waals surface area contributed by atoms with Gasteiger partial charge in [-0.15, -0.1) is 0 Å². The number of hydrogen-bond acceptors (Lipinski definition) is 2. The molecule has 32 heavy (non-hydrogen) atoms. The van der Waals surface area contributed by atoms with Gasteiger partial charge < -0.3 is 5.11 Å². The zero-order chi connectivity index (χ0) is 22.9. The molecule has 2 rings (SSSR count). The molecule has 3 heteroatoms. The van der Waals surface area contributed by atoms with Crippen LogP contribution in [0.25, 0.3) is 0 Å². The summed E-state index contributed by atoms with van der Waals surface area (Å²) in [7, 11) is 0. The molecular formula is C29H51N2O+. The van der Waals surface area contributed by atoms with Gasteiger partial charge in [0, 0.05) is 19.4 Å². The SMILES string of the molecule is CC(C)CCCCCCCCCCCCCCC1=[N+](Cc2ccccc2)C(CCO)CN1. The van der Waals surface area contributed by atoms with E-state index in [0.717, 1.165) is 31.8 Å². The highest BCUT2D eigenvalue weighted by Gasteiger charge is 2.30. The Morgan fingerprint density at radius 1 is 0.844 bits per heavy atom. The molecule has 1 heterocycles. The topological polar surface area (TPSA) is 35.3 Å². The molecular weight excluding hydrogens is 392 g/mol. The standard InChI is InChI=1S/C29H50N2O/c1-26(2)18-14-11-9-7-5-3-4-6-8-10-12-17-21-29-30-24-28(22-23-32)31(29)25-27-19-15-13-16-20-27/h13,15-16,19-20,26,28,32H,3-12,14,17-18,21-25H2,1-2H3/p+1. The van der Waals surface area contributed by atoms with E-state index in [1.54, 1.807) is 0 Å². The fourth-order valence-corrected chi connectivity index (χ4v) is 4.92. The van der Waals surface area contributed by atoms with Crippen molar-refractivity contribution in [3.05, 3.63) is 35.9 Å². The van der Waals surface area contributed by atoms with E-state index in [0.29, 0.717) is 6.04 Å². The van der Waals surface area contributed by atoms with Gasteiger partial charge in [-0.1, -0.05) is 121 Å². The van der Waals surface area contributed by atoms with Crippen molar-refractivity contribution in [2.75, 3.05) is 13.2 Å². The Morgan fingerprint density at radius 3 is 1.97 bits per heavy atom. The summed E-state index contributed by atoms with van der Waals surface area (Å²) in [6.07, 6.45) is 20.3. The molecule has 182 valence electrons. The van der Waals surface area contributed by atoms with Crippen molar-refractivity contribution in [1.82, 2.24) is 5.32 Å². The minimum absolute atomic E-state index is 0.267. The summed E-state index contributed by atoms with van der Waals surface area (Å²) in [6.45, 7) is 6.86. The number of unbranched alkanes of at least 4 members (excludes halogenated alkanes) is 11. The maximum absolute atomic E-state index is 9.45. The number of aliphatic hydroxyl groups excluding tert-OH is 1. The first kappa shape index (κ1) is 26.9. The first-order chi connectivity index (χ1) is 15.7. The van der Waals surface area contributed by atoms with E-state index in [-0.39, 0.29) is 6.61 Å². The zero-order valence-electron chi connectivity index (χ0n) is 21.2. The number of nitrogens with one attached hydrogen (secondary N) is 1. The van der Waals surface area contributed by atoms with Gasteiger partial charge in [0.25, 0.3) is 0 Å². The largest absolute Gasteiger partial charge is 0.396 e. The molecule has 0 saturated heterocycles. The molecule has 1 aliphatic heterocycles. The van der Waals surface area contributed by atoms with E-state index < -0.39 is 0 Å². The molecule has 1 aliphatic rings. The molecule has 1 unspecified atom stereocenters. The van der Waals surface area contributed by atoms with Crippen LogP contribution in [0.5, 0.6) is 0 Å². The van der Waals surface area contributed by atoms with Gasteiger partial charge in [-0.25, -0.2) is 0 Å². The minimum atomic E-state index is 0.267. The van der Waals surface area contributed by atoms with Gasteiger partial charge in [-0.3, -0.25) is 9.89 Å². The second kappa shape index (κ2) is 17.2. The Balaban J connectivity index is 1.52. The van der Waals surface area contributed by atoms with E-state index in [4.69, 9.17) is 0 Å². The lowest BCUT2D eigenvalue weighted by Gasteiger charge is -2.12. The van der Waals surface area contributed by atoms with Crippen molar-refractivity contribution < 1.29 is 9.68 Å². The number of nitrogens with zero attached hydrogens (tertiary/aromatic N) is 1. The van der Waals surface area contributed by atoms with Crippen molar-refractivity contribution in [3.63, 3.8) is 0 Å². The van der Waals surface area contributed by atoms with E-state index >= 15 is 0 Å². The van der Waals surface area contributed by atoms with Gasteiger partial charge in [0.2, 0.25) is 5.84 Å². The van der Waals surface area contributed by atoms with Crippen LogP contribution in [0.1, 0.15) is 116 Å². The molecule has 0 bridgehead atoms. The first-order valence-corrected chi connectivity index (χ1v) is 13.7. The van der Waals surface area contributed by atoms with Crippen molar-refractivity contribution in [1.29, 1.82) is 0 Å². The fraction of sp³-hybridized carbons (Fsp3) is 0.759. The van der Waals surface area contributed by atoms with Crippen LogP contribution in [0.4, 0.5) is 0 Å². The van der Waals surface area contributed by atoms with Crippen LogP contribution >= 0.6 is 0 Å². The van der Waals surface area contributed by atoms with E-state index in [2.05, 4.69) is 54.1 Å². The second-order valence-electron chi connectivity index (χ2n) is 10.3. The van der Waals surface area contributed by atoms with Crippen LogP contribution < -0.4 is 5.32 Å². The Kier molecular flexibility index (Phi) is 14.4. The normalized spacial score (nSPS) is 16.2. The molecule has 2 N–H and O–H groups in total. The van der Waals surface area contributed by atoms with Gasteiger partial charge in [-0.2, -0.15) is 0 Å². The van der Waals surface area contributed by atoms with Crippen LogP contribution in [0.2, 0.25) is 0 Å². The van der Waals surface area contributed by atoms with Crippen molar-refractivity contribution in [2.24, 2.45) is 5.92 Å². The molecule has 0 spiro atoms. The summed E-state index contributed by atoms with van der Waals surface area (Å²) in [5.74, 6) is 2.26. The van der Waals surface area contributed by atoms with Gasteiger partial charge in [-0.05, 0) is 17.9 Å². The predicted octanol–water partition coefficient (Wildman–Crippen LogP) is 7.07. The van der Waals surface area contributed by atoms with Gasteiger partial charge in [0.05, 0.1) is 0 Å². The number of aliphatic hydroxyl groups is 1. The summed E-state index contributed by atoms with van der Waals surface area (Å²) in [6, 6.07) is 11.2. The number of benzene rings is 1. The van der Waals surface area contributed by atoms with Crippen molar-refractivity contribution >= 4 is 5.84 Å². The Labute approximate surface area is 198 Å². The third-order valence-corrected chi connectivity index (χ3v) is 6.93. The lowest BCUT2D eigenvalue weighted by molar-refractivity contribution is -0.573. The van der Waals surface area contributed by atoms with Gasteiger partial charge >= 0.3 is 0 Å². The summed E-state index contributed by atoms with van der Waals surface area (Å²) in [4.78, 5) is 0. The average molecular weight is 444 g/mol. The lowest BCUT2D eigenvalue weighted by Crippen LogP contribution is -2.27. The monoisotopic (exact) mass is 443 g/mol. The molecule has 0 aliphatic carbocycles. The highest BCUT2D eigenvalue weighted by Crippen LogP contribution is 2.16. The lowest BCUT2D eigenvalue weighted by atomic mass is 10.0. The smallest absolute Gasteiger partial charge is 0.245 e. The zero-order valence-corrected chi connectivity index (χ0v) is 21.2. The molecule has 0 aromatic heterocycles. The summed E-state index contributed by atoms with van der Waals surface area (Å²) in [5, 5.41) is 13.1. The third-order valence-electron chi connectivity index (χ3n) is 6.93. The molecule has 1 atom stereocenters.